The van der Waals surface area contributed by atoms with Gasteiger partial charge in [-0.15, -0.1) is 6.58 Å². The van der Waals surface area contributed by atoms with Gasteiger partial charge in [0.25, 0.3) is 5.91 Å². The van der Waals surface area contributed by atoms with Crippen LogP contribution >= 0.6 is 0 Å². The lowest BCUT2D eigenvalue weighted by molar-refractivity contribution is -0.119. The minimum absolute atomic E-state index is 0.311. The maximum absolute atomic E-state index is 12.3. The van der Waals surface area contributed by atoms with E-state index in [1.54, 1.807) is 12.1 Å². The van der Waals surface area contributed by atoms with Gasteiger partial charge in [0.15, 0.2) is 0 Å². The van der Waals surface area contributed by atoms with Crippen LogP contribution in [0.15, 0.2) is 55.1 Å². The summed E-state index contributed by atoms with van der Waals surface area (Å²) in [7, 11) is 0. The quantitative estimate of drug-likeness (QED) is 0.814. The molecule has 2 aromatic carbocycles. The van der Waals surface area contributed by atoms with E-state index >= 15 is 0 Å². The van der Waals surface area contributed by atoms with Crippen LogP contribution in [0.1, 0.15) is 16.8 Å². The summed E-state index contributed by atoms with van der Waals surface area (Å²) >= 11 is 0. The second-order valence-electron chi connectivity index (χ2n) is 4.48. The van der Waals surface area contributed by atoms with Crippen LogP contribution < -0.4 is 11.1 Å². The molecule has 3 N–H and O–H groups in total. The van der Waals surface area contributed by atoms with Crippen molar-refractivity contribution in [2.75, 3.05) is 0 Å². The van der Waals surface area contributed by atoms with Crippen LogP contribution in [-0.4, -0.2) is 17.9 Å². The van der Waals surface area contributed by atoms with E-state index in [4.69, 9.17) is 5.73 Å². The number of nitrogens with one attached hydrogen (secondary N) is 1. The summed E-state index contributed by atoms with van der Waals surface area (Å²) in [6.45, 7) is 3.55. The van der Waals surface area contributed by atoms with Gasteiger partial charge in [0.2, 0.25) is 5.91 Å². The molecule has 4 nitrogen and oxygen atoms in total. The Hall–Kier alpha value is -2.62. The Morgan fingerprint density at radius 3 is 2.60 bits per heavy atom. The third-order valence-corrected chi connectivity index (χ3v) is 3.09. The number of primary amides is 1. The lowest BCUT2D eigenvalue weighted by Gasteiger charge is -2.14. The molecular formula is C16H16N2O2. The molecule has 0 aliphatic rings. The van der Waals surface area contributed by atoms with Crippen molar-refractivity contribution in [3.8, 4) is 0 Å². The molecule has 2 aromatic rings. The van der Waals surface area contributed by atoms with E-state index < -0.39 is 11.9 Å². The van der Waals surface area contributed by atoms with E-state index in [2.05, 4.69) is 11.9 Å². The monoisotopic (exact) mass is 268 g/mol. The molecular weight excluding hydrogens is 252 g/mol. The smallest absolute Gasteiger partial charge is 0.252 e. The highest BCUT2D eigenvalue weighted by Crippen LogP contribution is 2.18. The number of benzene rings is 2. The van der Waals surface area contributed by atoms with Crippen LogP contribution in [-0.2, 0) is 4.79 Å². The summed E-state index contributed by atoms with van der Waals surface area (Å²) in [6.07, 6.45) is 1.87. The summed E-state index contributed by atoms with van der Waals surface area (Å²) in [6, 6.07) is 12.3. The number of hydrogen-bond acceptors (Lipinski definition) is 2. The van der Waals surface area contributed by atoms with E-state index in [0.29, 0.717) is 12.0 Å². The second kappa shape index (κ2) is 6.02. The SMILES string of the molecule is C=CC[C@H](NC(=O)c1cccc2ccccc12)C(N)=O. The maximum atomic E-state index is 12.3. The maximum Gasteiger partial charge on any atom is 0.252 e. The van der Waals surface area contributed by atoms with Crippen LogP contribution in [0.5, 0.6) is 0 Å². The molecule has 0 aliphatic heterocycles. The van der Waals surface area contributed by atoms with Crippen molar-refractivity contribution in [3.05, 3.63) is 60.7 Å². The zero-order valence-electron chi connectivity index (χ0n) is 11.0. The molecule has 0 aliphatic carbocycles. The molecule has 0 saturated carbocycles. The largest absolute Gasteiger partial charge is 0.368 e. The Morgan fingerprint density at radius 1 is 1.20 bits per heavy atom. The molecule has 0 aromatic heterocycles. The number of nitrogens with two attached hydrogens (primary N) is 1. The number of carbonyl (C=O) groups is 2. The lowest BCUT2D eigenvalue weighted by Crippen LogP contribution is -2.44. The lowest BCUT2D eigenvalue weighted by atomic mass is 10.0. The normalized spacial score (nSPS) is 11.8. The predicted molar refractivity (Wildman–Crippen MR) is 79.2 cm³/mol. The average Bonchev–Trinajstić information content (AvgIpc) is 2.46. The van der Waals surface area contributed by atoms with Crippen LogP contribution in [0.2, 0.25) is 0 Å². The van der Waals surface area contributed by atoms with Crippen molar-refractivity contribution >= 4 is 22.6 Å². The third kappa shape index (κ3) is 2.85. The van der Waals surface area contributed by atoms with Gasteiger partial charge in [-0.3, -0.25) is 9.59 Å². The molecule has 1 atom stereocenters. The van der Waals surface area contributed by atoms with Crippen molar-refractivity contribution in [2.45, 2.75) is 12.5 Å². The molecule has 4 heteroatoms. The molecule has 20 heavy (non-hydrogen) atoms. The standard InChI is InChI=1S/C16H16N2O2/c1-2-6-14(15(17)19)18-16(20)13-10-5-8-11-7-3-4-9-12(11)13/h2-5,7-10,14H,1,6H2,(H2,17,19)(H,18,20)/t14-/m0/s1. The Kier molecular flexibility index (Phi) is 4.15. The molecule has 2 amide bonds. The Morgan fingerprint density at radius 2 is 1.90 bits per heavy atom. The van der Waals surface area contributed by atoms with Crippen LogP contribution in [0, 0.1) is 0 Å². The first-order valence-electron chi connectivity index (χ1n) is 6.32. The Balaban J connectivity index is 2.31. The minimum Gasteiger partial charge on any atom is -0.368 e. The van der Waals surface area contributed by atoms with Gasteiger partial charge in [-0.05, 0) is 23.3 Å². The van der Waals surface area contributed by atoms with Crippen molar-refractivity contribution in [2.24, 2.45) is 5.73 Å². The van der Waals surface area contributed by atoms with Crippen LogP contribution in [0.3, 0.4) is 0 Å². The van der Waals surface area contributed by atoms with Crippen molar-refractivity contribution < 1.29 is 9.59 Å². The van der Waals surface area contributed by atoms with Gasteiger partial charge in [-0.1, -0.05) is 42.5 Å². The predicted octanol–water partition coefficient (Wildman–Crippen LogP) is 2.00. The molecule has 0 saturated heterocycles. The van der Waals surface area contributed by atoms with Gasteiger partial charge < -0.3 is 11.1 Å². The number of hydrogen-bond donors (Lipinski definition) is 2. The van der Waals surface area contributed by atoms with E-state index in [9.17, 15) is 9.59 Å². The highest BCUT2D eigenvalue weighted by Gasteiger charge is 2.18. The van der Waals surface area contributed by atoms with Gasteiger partial charge in [-0.25, -0.2) is 0 Å². The molecule has 102 valence electrons. The summed E-state index contributed by atoms with van der Waals surface area (Å²) in [5.41, 5.74) is 5.79. The molecule has 0 heterocycles. The van der Waals surface area contributed by atoms with Gasteiger partial charge >= 0.3 is 0 Å². The fourth-order valence-corrected chi connectivity index (χ4v) is 2.07. The van der Waals surface area contributed by atoms with E-state index in [0.717, 1.165) is 10.8 Å². The van der Waals surface area contributed by atoms with Crippen molar-refractivity contribution in [3.63, 3.8) is 0 Å². The number of amides is 2. The zero-order valence-corrected chi connectivity index (χ0v) is 11.0. The Bertz CT molecular complexity index is 659. The van der Waals surface area contributed by atoms with Crippen LogP contribution in [0.4, 0.5) is 0 Å². The third-order valence-electron chi connectivity index (χ3n) is 3.09. The summed E-state index contributed by atoms with van der Waals surface area (Å²) in [4.78, 5) is 23.6. The number of carbonyl (C=O) groups excluding carboxylic acids is 2. The average molecular weight is 268 g/mol. The minimum atomic E-state index is -0.737. The second-order valence-corrected chi connectivity index (χ2v) is 4.48. The van der Waals surface area contributed by atoms with E-state index in [1.165, 1.54) is 0 Å². The number of rotatable bonds is 5. The molecule has 0 fully saturated rings. The molecule has 0 radical (unpaired) electrons. The first kappa shape index (κ1) is 13.8. The topological polar surface area (TPSA) is 72.2 Å². The number of fused-ring (bicyclic) bond motifs is 1. The molecule has 2 rings (SSSR count). The fourth-order valence-electron chi connectivity index (χ4n) is 2.07. The van der Waals surface area contributed by atoms with E-state index in [-0.39, 0.29) is 5.91 Å². The fraction of sp³-hybridized carbons (Fsp3) is 0.125. The van der Waals surface area contributed by atoms with Crippen LogP contribution in [0.25, 0.3) is 10.8 Å². The van der Waals surface area contributed by atoms with Gasteiger partial charge in [0.1, 0.15) is 6.04 Å². The summed E-state index contributed by atoms with van der Waals surface area (Å²) < 4.78 is 0. The molecule has 0 unspecified atom stereocenters. The first-order valence-corrected chi connectivity index (χ1v) is 6.32. The highest BCUT2D eigenvalue weighted by molar-refractivity contribution is 6.08. The molecule has 0 spiro atoms. The summed E-state index contributed by atoms with van der Waals surface area (Å²) in [5.74, 6) is -0.883. The van der Waals surface area contributed by atoms with Gasteiger partial charge in [0, 0.05) is 5.56 Å². The van der Waals surface area contributed by atoms with Gasteiger partial charge in [0.05, 0.1) is 0 Å². The van der Waals surface area contributed by atoms with Crippen molar-refractivity contribution in [1.29, 1.82) is 0 Å². The first-order chi connectivity index (χ1) is 9.63. The molecule has 0 bridgehead atoms. The van der Waals surface area contributed by atoms with E-state index in [1.807, 2.05) is 36.4 Å². The highest BCUT2D eigenvalue weighted by atomic mass is 16.2. The zero-order chi connectivity index (χ0) is 14.5. The van der Waals surface area contributed by atoms with Gasteiger partial charge in [-0.2, -0.15) is 0 Å². The van der Waals surface area contributed by atoms with Crippen molar-refractivity contribution in [1.82, 2.24) is 5.32 Å². The Labute approximate surface area is 117 Å². The summed E-state index contributed by atoms with van der Waals surface area (Å²) in [5, 5.41) is 4.45.